The monoisotopic (exact) mass is 436 g/mol. The number of nitrogens with one attached hydrogen (secondary N) is 3. The zero-order chi connectivity index (χ0) is 23.4. The molecule has 4 amide bonds. The maximum Gasteiger partial charge on any atom is 0.344 e. The van der Waals surface area contributed by atoms with Gasteiger partial charge in [-0.05, 0) is 36.3 Å². The molecule has 32 heavy (non-hydrogen) atoms. The molecule has 1 aliphatic rings. The first-order chi connectivity index (χ1) is 15.1. The molecule has 1 fully saturated rings. The van der Waals surface area contributed by atoms with E-state index in [0.717, 1.165) is 16.1 Å². The molecule has 3 N–H and O–H groups in total. The number of carbonyl (C=O) groups is 3. The lowest BCUT2D eigenvalue weighted by molar-refractivity contribution is -0.138. The Hall–Kier alpha value is -3.19. The lowest BCUT2D eigenvalue weighted by Gasteiger charge is -2.32. The average molecular weight is 437 g/mol. The van der Waals surface area contributed by atoms with Crippen LogP contribution in [0.3, 0.4) is 0 Å². The molecule has 3 rings (SSSR count). The largest absolute Gasteiger partial charge is 0.344 e. The first-order valence-electron chi connectivity index (χ1n) is 10.9. The van der Waals surface area contributed by atoms with Crippen LogP contribution in [0.2, 0.25) is 0 Å². The lowest BCUT2D eigenvalue weighted by atomic mass is 9.82. The van der Waals surface area contributed by atoms with Gasteiger partial charge in [-0.3, -0.25) is 15.0 Å². The standard InChI is InChI=1S/C25H32N4O3/c1-24(2,3)21(19-13-9-6-10-14-19)26-17-20(30)28-29-22(31)25(4,27-23(29)32)16-15-18-11-7-5-8-12-18/h5-14,21,26H,15-17H2,1-4H3,(H,27,32)(H,28,30). The molecule has 0 aromatic heterocycles. The van der Waals surface area contributed by atoms with Crippen molar-refractivity contribution in [3.8, 4) is 0 Å². The third-order valence-corrected chi connectivity index (χ3v) is 5.72. The summed E-state index contributed by atoms with van der Waals surface area (Å²) in [5, 5.41) is 6.78. The van der Waals surface area contributed by atoms with Gasteiger partial charge >= 0.3 is 6.03 Å². The number of urea groups is 1. The van der Waals surface area contributed by atoms with Crippen molar-refractivity contribution in [1.82, 2.24) is 21.1 Å². The quantitative estimate of drug-likeness (QED) is 0.554. The van der Waals surface area contributed by atoms with Crippen LogP contribution in [-0.4, -0.2) is 34.9 Å². The fraction of sp³-hybridized carbons (Fsp3) is 0.400. The molecule has 7 heteroatoms. The molecule has 0 radical (unpaired) electrons. The van der Waals surface area contributed by atoms with E-state index in [2.05, 4.69) is 36.8 Å². The molecule has 1 heterocycles. The topological polar surface area (TPSA) is 90.5 Å². The summed E-state index contributed by atoms with van der Waals surface area (Å²) in [6.07, 6.45) is 1.07. The second-order valence-electron chi connectivity index (χ2n) is 9.51. The van der Waals surface area contributed by atoms with E-state index >= 15 is 0 Å². The van der Waals surface area contributed by atoms with Crippen LogP contribution in [0.15, 0.2) is 60.7 Å². The Morgan fingerprint density at radius 3 is 2.22 bits per heavy atom. The summed E-state index contributed by atoms with van der Waals surface area (Å²) in [6, 6.07) is 19.0. The van der Waals surface area contributed by atoms with Crippen molar-refractivity contribution in [1.29, 1.82) is 0 Å². The first-order valence-corrected chi connectivity index (χ1v) is 10.9. The highest BCUT2D eigenvalue weighted by Crippen LogP contribution is 2.32. The summed E-state index contributed by atoms with van der Waals surface area (Å²) in [6.45, 7) is 7.92. The van der Waals surface area contributed by atoms with Crippen molar-refractivity contribution in [3.63, 3.8) is 0 Å². The van der Waals surface area contributed by atoms with Gasteiger partial charge in [0.1, 0.15) is 5.54 Å². The summed E-state index contributed by atoms with van der Waals surface area (Å²) in [5.74, 6) is -0.909. The Kier molecular flexibility index (Phi) is 6.99. The summed E-state index contributed by atoms with van der Waals surface area (Å²) >= 11 is 0. The Balaban J connectivity index is 1.59. The van der Waals surface area contributed by atoms with Crippen LogP contribution in [-0.2, 0) is 16.0 Å². The van der Waals surface area contributed by atoms with E-state index < -0.39 is 23.4 Å². The number of imide groups is 1. The van der Waals surface area contributed by atoms with Crippen LogP contribution in [0.25, 0.3) is 0 Å². The van der Waals surface area contributed by atoms with Gasteiger partial charge in [0.25, 0.3) is 11.8 Å². The lowest BCUT2D eigenvalue weighted by Crippen LogP contribution is -2.51. The minimum absolute atomic E-state index is 0.0331. The van der Waals surface area contributed by atoms with Crippen LogP contribution in [0.1, 0.15) is 51.3 Å². The molecule has 0 saturated carbocycles. The zero-order valence-electron chi connectivity index (χ0n) is 19.1. The Morgan fingerprint density at radius 2 is 1.62 bits per heavy atom. The molecule has 2 aromatic carbocycles. The van der Waals surface area contributed by atoms with Gasteiger partial charge in [-0.1, -0.05) is 81.4 Å². The van der Waals surface area contributed by atoms with Gasteiger partial charge in [0.15, 0.2) is 0 Å². The highest BCUT2D eigenvalue weighted by atomic mass is 16.2. The number of rotatable bonds is 8. The number of benzene rings is 2. The van der Waals surface area contributed by atoms with Crippen molar-refractivity contribution < 1.29 is 14.4 Å². The molecule has 1 aliphatic heterocycles. The van der Waals surface area contributed by atoms with Gasteiger partial charge in [-0.2, -0.15) is 5.01 Å². The Labute approximate surface area is 189 Å². The normalized spacial score (nSPS) is 19.6. The van der Waals surface area contributed by atoms with Crippen LogP contribution < -0.4 is 16.1 Å². The van der Waals surface area contributed by atoms with Crippen molar-refractivity contribution in [3.05, 3.63) is 71.8 Å². The van der Waals surface area contributed by atoms with Crippen molar-refractivity contribution in [2.24, 2.45) is 5.41 Å². The summed E-state index contributed by atoms with van der Waals surface area (Å²) < 4.78 is 0. The van der Waals surface area contributed by atoms with Gasteiger partial charge in [0, 0.05) is 6.04 Å². The van der Waals surface area contributed by atoms with Gasteiger partial charge in [-0.25, -0.2) is 4.79 Å². The molecule has 170 valence electrons. The predicted octanol–water partition coefficient (Wildman–Crippen LogP) is 3.34. The second kappa shape index (κ2) is 9.53. The molecule has 0 spiro atoms. The van der Waals surface area contributed by atoms with Crippen molar-refractivity contribution in [2.45, 2.75) is 52.1 Å². The third-order valence-electron chi connectivity index (χ3n) is 5.72. The highest BCUT2D eigenvalue weighted by Gasteiger charge is 2.48. The van der Waals surface area contributed by atoms with Gasteiger partial charge in [0.05, 0.1) is 6.54 Å². The summed E-state index contributed by atoms with van der Waals surface area (Å²) in [4.78, 5) is 37.9. The number of hydrazine groups is 1. The smallest absolute Gasteiger partial charge is 0.322 e. The van der Waals surface area contributed by atoms with Crippen LogP contribution >= 0.6 is 0 Å². The molecule has 2 aromatic rings. The fourth-order valence-corrected chi connectivity index (χ4v) is 3.92. The second-order valence-corrected chi connectivity index (χ2v) is 9.51. The maximum atomic E-state index is 12.9. The minimum atomic E-state index is -1.06. The van der Waals surface area contributed by atoms with Crippen LogP contribution in [0.5, 0.6) is 0 Å². The zero-order valence-corrected chi connectivity index (χ0v) is 19.1. The van der Waals surface area contributed by atoms with E-state index in [1.54, 1.807) is 6.92 Å². The van der Waals surface area contributed by atoms with E-state index in [-0.39, 0.29) is 18.0 Å². The predicted molar refractivity (Wildman–Crippen MR) is 123 cm³/mol. The van der Waals surface area contributed by atoms with Crippen molar-refractivity contribution >= 4 is 17.8 Å². The average Bonchev–Trinajstić information content (AvgIpc) is 2.96. The number of carbonyl (C=O) groups excluding carboxylic acids is 3. The Morgan fingerprint density at radius 1 is 1.03 bits per heavy atom. The number of nitrogens with zero attached hydrogens (tertiary/aromatic N) is 1. The number of hydrogen-bond acceptors (Lipinski definition) is 4. The maximum absolute atomic E-state index is 12.9. The van der Waals surface area contributed by atoms with Crippen LogP contribution in [0, 0.1) is 5.41 Å². The van der Waals surface area contributed by atoms with Gasteiger partial charge in [0.2, 0.25) is 0 Å². The van der Waals surface area contributed by atoms with E-state index in [1.165, 1.54) is 0 Å². The molecule has 0 bridgehead atoms. The molecular formula is C25H32N4O3. The molecular weight excluding hydrogens is 404 g/mol. The summed E-state index contributed by atoms with van der Waals surface area (Å²) in [7, 11) is 0. The Bertz CT molecular complexity index is 956. The van der Waals surface area contributed by atoms with Crippen LogP contribution in [0.4, 0.5) is 4.79 Å². The molecule has 0 aliphatic carbocycles. The molecule has 2 unspecified atom stereocenters. The molecule has 2 atom stereocenters. The minimum Gasteiger partial charge on any atom is -0.322 e. The fourth-order valence-electron chi connectivity index (χ4n) is 3.92. The number of hydrogen-bond donors (Lipinski definition) is 3. The first kappa shape index (κ1) is 23.5. The number of aryl methyl sites for hydroxylation is 1. The van der Waals surface area contributed by atoms with Gasteiger partial charge < -0.3 is 10.6 Å². The SMILES string of the molecule is CC1(CCc2ccccc2)NC(=O)N(NC(=O)CNC(c2ccccc2)C(C)(C)C)C1=O. The third kappa shape index (κ3) is 5.53. The van der Waals surface area contributed by atoms with E-state index in [9.17, 15) is 14.4 Å². The van der Waals surface area contributed by atoms with E-state index in [0.29, 0.717) is 12.8 Å². The highest BCUT2D eigenvalue weighted by molar-refractivity contribution is 6.07. The van der Waals surface area contributed by atoms with Gasteiger partial charge in [-0.15, -0.1) is 0 Å². The van der Waals surface area contributed by atoms with E-state index in [4.69, 9.17) is 0 Å². The molecule has 7 nitrogen and oxygen atoms in total. The van der Waals surface area contributed by atoms with E-state index in [1.807, 2.05) is 60.7 Å². The number of amides is 4. The summed E-state index contributed by atoms with van der Waals surface area (Å²) in [5.41, 5.74) is 3.40. The molecule has 1 saturated heterocycles. The van der Waals surface area contributed by atoms with Crippen molar-refractivity contribution in [2.75, 3.05) is 6.54 Å².